The Morgan fingerprint density at radius 3 is 2.11 bits per heavy atom. The normalized spacial score (nSPS) is 11.7. The molecule has 0 aliphatic heterocycles. The van der Waals surface area contributed by atoms with Crippen molar-refractivity contribution < 1.29 is 19.1 Å². The molecule has 0 saturated heterocycles. The Hall–Kier alpha value is -4.01. The van der Waals surface area contributed by atoms with E-state index in [1.807, 2.05) is 6.07 Å². The van der Waals surface area contributed by atoms with Gasteiger partial charge in [0.1, 0.15) is 17.3 Å². The number of ether oxygens (including phenoxy) is 2. The highest BCUT2D eigenvalue weighted by atomic mass is 16.5. The summed E-state index contributed by atoms with van der Waals surface area (Å²) in [6, 6.07) is 14.4. The largest absolute Gasteiger partial charge is 0.484 e. The molecular formula is C35H50N4O5. The molecule has 0 spiro atoms. The second-order valence-corrected chi connectivity index (χ2v) is 12.6. The van der Waals surface area contributed by atoms with E-state index in [2.05, 4.69) is 76.3 Å². The number of hydrogen-bond donors (Lipinski definition) is 3. The highest BCUT2D eigenvalue weighted by molar-refractivity contribution is 5.92. The number of nitrogens with one attached hydrogen (secondary N) is 3. The summed E-state index contributed by atoms with van der Waals surface area (Å²) in [6.07, 6.45) is 6.17. The number of aromatic amines is 1. The lowest BCUT2D eigenvalue weighted by Gasteiger charge is -2.30. The molecule has 0 atom stereocenters. The second kappa shape index (κ2) is 15.6. The summed E-state index contributed by atoms with van der Waals surface area (Å²) in [5.74, 6) is 0.860. The number of carbonyl (C=O) groups excluding carboxylic acids is 2. The molecule has 0 aliphatic rings. The van der Waals surface area contributed by atoms with Gasteiger partial charge in [0.25, 0.3) is 17.4 Å². The number of rotatable bonds is 17. The predicted molar refractivity (Wildman–Crippen MR) is 177 cm³/mol. The maximum atomic E-state index is 12.7. The number of nitrogens with zero attached hydrogens (tertiary/aromatic N) is 1. The van der Waals surface area contributed by atoms with E-state index in [9.17, 15) is 14.4 Å². The fourth-order valence-electron chi connectivity index (χ4n) is 4.67. The molecule has 44 heavy (non-hydrogen) atoms. The van der Waals surface area contributed by atoms with Crippen molar-refractivity contribution >= 4 is 23.3 Å². The fraction of sp³-hybridized carbons (Fsp3) is 0.514. The molecule has 0 unspecified atom stereocenters. The van der Waals surface area contributed by atoms with Crippen LogP contribution in [0, 0.1) is 0 Å². The quantitative estimate of drug-likeness (QED) is 0.141. The molecule has 0 fully saturated rings. The van der Waals surface area contributed by atoms with Crippen LogP contribution in [0.3, 0.4) is 0 Å². The minimum atomic E-state index is -0.393. The van der Waals surface area contributed by atoms with Crippen LogP contribution in [0.5, 0.6) is 11.5 Å². The van der Waals surface area contributed by atoms with Gasteiger partial charge in [-0.1, -0.05) is 79.9 Å². The summed E-state index contributed by atoms with van der Waals surface area (Å²) >= 11 is 0. The number of carbonyl (C=O) groups is 2. The van der Waals surface area contributed by atoms with Gasteiger partial charge in [-0.25, -0.2) is 0 Å². The third-order valence-electron chi connectivity index (χ3n) is 8.42. The van der Waals surface area contributed by atoms with Crippen molar-refractivity contribution in [3.63, 3.8) is 0 Å². The molecule has 2 amide bonds. The molecule has 1 aromatic heterocycles. The number of benzene rings is 2. The molecule has 1 heterocycles. The van der Waals surface area contributed by atoms with Gasteiger partial charge in [-0.2, -0.15) is 0 Å². The van der Waals surface area contributed by atoms with E-state index in [1.54, 1.807) is 24.3 Å². The van der Waals surface area contributed by atoms with Gasteiger partial charge in [-0.3, -0.25) is 24.2 Å². The molecule has 3 N–H and O–H groups in total. The summed E-state index contributed by atoms with van der Waals surface area (Å²) in [5.41, 5.74) is 2.71. The third-order valence-corrected chi connectivity index (χ3v) is 8.42. The zero-order chi connectivity index (χ0) is 32.3. The lowest BCUT2D eigenvalue weighted by atomic mass is 9.76. The number of anilines is 2. The van der Waals surface area contributed by atoms with E-state index in [0.29, 0.717) is 23.8 Å². The van der Waals surface area contributed by atoms with Crippen LogP contribution < -0.4 is 25.7 Å². The Balaban J connectivity index is 1.50. The van der Waals surface area contributed by atoms with Gasteiger partial charge in [-0.15, -0.1) is 0 Å². The third kappa shape index (κ3) is 9.76. The lowest BCUT2D eigenvalue weighted by molar-refractivity contribution is -0.118. The molecular weight excluding hydrogens is 556 g/mol. The number of aromatic nitrogens is 2. The topological polar surface area (TPSA) is 114 Å². The van der Waals surface area contributed by atoms with Crippen molar-refractivity contribution in [1.29, 1.82) is 0 Å². The van der Waals surface area contributed by atoms with Gasteiger partial charge in [0.15, 0.2) is 13.2 Å². The van der Waals surface area contributed by atoms with Crippen molar-refractivity contribution in [3.8, 4) is 11.5 Å². The molecule has 240 valence electrons. The molecule has 9 heteroatoms. The van der Waals surface area contributed by atoms with E-state index in [4.69, 9.17) is 9.47 Å². The minimum absolute atomic E-state index is 0.0501. The van der Waals surface area contributed by atoms with Crippen LogP contribution in [0.15, 0.2) is 53.3 Å². The molecule has 0 radical (unpaired) electrons. The van der Waals surface area contributed by atoms with E-state index in [0.717, 1.165) is 49.8 Å². The maximum absolute atomic E-state index is 12.7. The monoisotopic (exact) mass is 606 g/mol. The molecule has 3 rings (SSSR count). The van der Waals surface area contributed by atoms with Crippen molar-refractivity contribution in [2.45, 2.75) is 104 Å². The van der Waals surface area contributed by atoms with Crippen LogP contribution >= 0.6 is 0 Å². The van der Waals surface area contributed by atoms with Crippen LogP contribution in [-0.4, -0.2) is 34.8 Å². The Morgan fingerprint density at radius 1 is 0.795 bits per heavy atom. The van der Waals surface area contributed by atoms with Crippen LogP contribution in [0.2, 0.25) is 0 Å². The zero-order valence-corrected chi connectivity index (χ0v) is 27.5. The molecule has 9 nitrogen and oxygen atoms in total. The molecule has 0 aliphatic carbocycles. The number of amides is 2. The van der Waals surface area contributed by atoms with Gasteiger partial charge in [0.05, 0.1) is 0 Å². The van der Waals surface area contributed by atoms with E-state index >= 15 is 0 Å². The van der Waals surface area contributed by atoms with Crippen molar-refractivity contribution in [3.05, 3.63) is 70.0 Å². The van der Waals surface area contributed by atoms with Crippen molar-refractivity contribution in [2.24, 2.45) is 0 Å². The minimum Gasteiger partial charge on any atom is -0.484 e. The van der Waals surface area contributed by atoms with Gasteiger partial charge < -0.3 is 20.1 Å². The van der Waals surface area contributed by atoms with Crippen molar-refractivity contribution in [1.82, 2.24) is 9.78 Å². The standard InChI is InChI=1S/C35H50N4O5/c1-8-11-12-13-20-39-33(42)22-30(38-39)37-32(41)23-43-27-17-15-26(16-18-27)36-31(40)24-44-29-19-14-25(34(4,5)9-2)21-28(29)35(6,7)10-3/h14-19,21-22,38H,8-13,20,23-24H2,1-7H3,(H,36,40)(H,37,41). The molecule has 2 aromatic carbocycles. The van der Waals surface area contributed by atoms with E-state index in [1.165, 1.54) is 16.3 Å². The van der Waals surface area contributed by atoms with Gasteiger partial charge >= 0.3 is 0 Å². The summed E-state index contributed by atoms with van der Waals surface area (Å²) in [5, 5.41) is 8.43. The first-order valence-corrected chi connectivity index (χ1v) is 15.8. The first-order chi connectivity index (χ1) is 20.9. The summed E-state index contributed by atoms with van der Waals surface area (Å²) in [6.45, 7) is 15.6. The first-order valence-electron chi connectivity index (χ1n) is 15.8. The highest BCUT2D eigenvalue weighted by Gasteiger charge is 2.27. The Morgan fingerprint density at radius 2 is 1.45 bits per heavy atom. The number of hydrogen-bond acceptors (Lipinski definition) is 5. The summed E-state index contributed by atoms with van der Waals surface area (Å²) < 4.78 is 13.1. The zero-order valence-electron chi connectivity index (χ0n) is 27.5. The number of aryl methyl sites for hydroxylation is 1. The smallest absolute Gasteiger partial charge is 0.268 e. The molecule has 3 aromatic rings. The highest BCUT2D eigenvalue weighted by Crippen LogP contribution is 2.38. The Kier molecular flexibility index (Phi) is 12.3. The van der Waals surface area contributed by atoms with Crippen LogP contribution in [0.25, 0.3) is 0 Å². The van der Waals surface area contributed by atoms with E-state index < -0.39 is 5.91 Å². The van der Waals surface area contributed by atoms with Gasteiger partial charge in [0.2, 0.25) is 0 Å². The number of H-pyrrole nitrogens is 1. The number of unbranched alkanes of at least 4 members (excludes halogenated alkanes) is 3. The average Bonchev–Trinajstić information content (AvgIpc) is 3.35. The maximum Gasteiger partial charge on any atom is 0.268 e. The lowest BCUT2D eigenvalue weighted by Crippen LogP contribution is -2.24. The van der Waals surface area contributed by atoms with E-state index in [-0.39, 0.29) is 35.5 Å². The van der Waals surface area contributed by atoms with Gasteiger partial charge in [-0.05, 0) is 66.0 Å². The van der Waals surface area contributed by atoms with Crippen LogP contribution in [-0.2, 0) is 27.0 Å². The van der Waals surface area contributed by atoms with Crippen LogP contribution in [0.4, 0.5) is 11.5 Å². The SMILES string of the molecule is CCCCCCn1[nH]c(NC(=O)COc2ccc(NC(=O)COc3ccc(C(C)(C)CC)cc3C(C)(C)CC)cc2)cc1=O. The fourth-order valence-corrected chi connectivity index (χ4v) is 4.67. The second-order valence-electron chi connectivity index (χ2n) is 12.6. The molecule has 0 saturated carbocycles. The van der Waals surface area contributed by atoms with Crippen molar-refractivity contribution in [2.75, 3.05) is 23.8 Å². The van der Waals surface area contributed by atoms with Gasteiger partial charge in [0, 0.05) is 23.9 Å². The summed E-state index contributed by atoms with van der Waals surface area (Å²) in [7, 11) is 0. The molecule has 0 bridgehead atoms. The predicted octanol–water partition coefficient (Wildman–Crippen LogP) is 7.17. The first kappa shape index (κ1) is 34.5. The van der Waals surface area contributed by atoms with Crippen LogP contribution in [0.1, 0.15) is 98.1 Å². The Bertz CT molecular complexity index is 1440. The Labute approximate surface area is 261 Å². The average molecular weight is 607 g/mol. The summed E-state index contributed by atoms with van der Waals surface area (Å²) in [4.78, 5) is 37.2.